The molecule has 0 aliphatic heterocycles. The second-order valence-electron chi connectivity index (χ2n) is 4.01. The summed E-state index contributed by atoms with van der Waals surface area (Å²) >= 11 is 5.65. The number of benzene rings is 1. The first-order valence-corrected chi connectivity index (χ1v) is 6.20. The van der Waals surface area contributed by atoms with Crippen molar-refractivity contribution in [1.29, 1.82) is 0 Å². The second kappa shape index (κ2) is 6.85. The van der Waals surface area contributed by atoms with Crippen LogP contribution in [0.1, 0.15) is 17.3 Å². The lowest BCUT2D eigenvalue weighted by atomic mass is 10.2. The number of likely N-dealkylation sites (N-methyl/N-ethyl adjacent to an activating group) is 1. The fourth-order valence-electron chi connectivity index (χ4n) is 1.36. The molecule has 1 N–H and O–H groups in total. The van der Waals surface area contributed by atoms with E-state index >= 15 is 0 Å². The van der Waals surface area contributed by atoms with E-state index in [4.69, 9.17) is 11.6 Å². The van der Waals surface area contributed by atoms with Crippen molar-refractivity contribution in [3.05, 3.63) is 38.9 Å². The number of carbonyl (C=O) groups is 2. The molecule has 0 heterocycles. The minimum atomic E-state index is -0.672. The lowest BCUT2D eigenvalue weighted by molar-refractivity contribution is -0.384. The molecule has 0 radical (unpaired) electrons. The Bertz CT molecular complexity index is 548. The van der Waals surface area contributed by atoms with Crippen LogP contribution in [0.2, 0.25) is 5.02 Å². The van der Waals surface area contributed by atoms with E-state index in [0.29, 0.717) is 6.54 Å². The second-order valence-corrected chi connectivity index (χ2v) is 4.42. The van der Waals surface area contributed by atoms with E-state index in [0.717, 1.165) is 6.07 Å². The Hall–Kier alpha value is -2.15. The molecular formula is C12H14ClN3O4. The van der Waals surface area contributed by atoms with E-state index in [-0.39, 0.29) is 28.7 Å². The van der Waals surface area contributed by atoms with Crippen LogP contribution >= 0.6 is 11.6 Å². The molecule has 0 aliphatic rings. The third-order valence-corrected chi connectivity index (χ3v) is 3.02. The lowest BCUT2D eigenvalue weighted by Crippen LogP contribution is -2.37. The summed E-state index contributed by atoms with van der Waals surface area (Å²) in [5.74, 6) is -0.813. The van der Waals surface area contributed by atoms with E-state index < -0.39 is 10.8 Å². The maximum atomic E-state index is 11.8. The molecule has 1 aromatic carbocycles. The number of nitro groups is 1. The Labute approximate surface area is 120 Å². The first kappa shape index (κ1) is 15.9. The lowest BCUT2D eigenvalue weighted by Gasteiger charge is -2.14. The standard InChI is InChI=1S/C12H14ClN3O4/c1-3-15(2)11(17)7-14-12(18)8-4-5-9(13)10(6-8)16(19)20/h4-6H,3,7H2,1-2H3,(H,14,18). The van der Waals surface area contributed by atoms with Crippen LogP contribution in [-0.2, 0) is 4.79 Å². The Morgan fingerprint density at radius 1 is 1.45 bits per heavy atom. The van der Waals surface area contributed by atoms with Crippen LogP contribution in [-0.4, -0.2) is 41.8 Å². The van der Waals surface area contributed by atoms with Crippen LogP contribution in [0.4, 0.5) is 5.69 Å². The number of rotatable bonds is 5. The van der Waals surface area contributed by atoms with Gasteiger partial charge in [0, 0.05) is 25.2 Å². The van der Waals surface area contributed by atoms with Gasteiger partial charge in [-0.05, 0) is 19.1 Å². The summed E-state index contributed by atoms with van der Waals surface area (Å²) in [6, 6.07) is 3.71. The summed E-state index contributed by atoms with van der Waals surface area (Å²) < 4.78 is 0. The first-order chi connectivity index (χ1) is 9.36. The smallest absolute Gasteiger partial charge is 0.288 e. The average Bonchev–Trinajstić information content (AvgIpc) is 2.43. The van der Waals surface area contributed by atoms with Gasteiger partial charge >= 0.3 is 0 Å². The summed E-state index contributed by atoms with van der Waals surface area (Å²) in [5.41, 5.74) is -0.274. The van der Waals surface area contributed by atoms with Gasteiger partial charge in [0.05, 0.1) is 11.5 Å². The van der Waals surface area contributed by atoms with Crippen molar-refractivity contribution >= 4 is 29.1 Å². The molecule has 0 bridgehead atoms. The molecule has 0 fully saturated rings. The Kier molecular flexibility index (Phi) is 5.45. The SMILES string of the molecule is CCN(C)C(=O)CNC(=O)c1ccc(Cl)c([N+](=O)[O-])c1. The van der Waals surface area contributed by atoms with Crippen molar-refractivity contribution in [2.75, 3.05) is 20.1 Å². The Morgan fingerprint density at radius 3 is 2.65 bits per heavy atom. The maximum absolute atomic E-state index is 11.8. The first-order valence-electron chi connectivity index (χ1n) is 5.83. The van der Waals surface area contributed by atoms with E-state index in [1.54, 1.807) is 7.05 Å². The molecule has 108 valence electrons. The molecule has 20 heavy (non-hydrogen) atoms. The van der Waals surface area contributed by atoms with Crippen molar-refractivity contribution < 1.29 is 14.5 Å². The van der Waals surface area contributed by atoms with E-state index in [9.17, 15) is 19.7 Å². The van der Waals surface area contributed by atoms with E-state index in [1.807, 2.05) is 6.92 Å². The molecular weight excluding hydrogens is 286 g/mol. The number of hydrogen-bond acceptors (Lipinski definition) is 4. The number of nitro benzene ring substituents is 1. The zero-order valence-corrected chi connectivity index (χ0v) is 11.8. The van der Waals surface area contributed by atoms with Crippen LogP contribution in [0.3, 0.4) is 0 Å². The highest BCUT2D eigenvalue weighted by Gasteiger charge is 2.17. The summed E-state index contributed by atoms with van der Waals surface area (Å²) in [4.78, 5) is 34.8. The molecule has 0 spiro atoms. The summed E-state index contributed by atoms with van der Waals surface area (Å²) in [6.07, 6.45) is 0. The van der Waals surface area contributed by atoms with Crippen LogP contribution in [0, 0.1) is 10.1 Å². The van der Waals surface area contributed by atoms with Gasteiger partial charge in [-0.1, -0.05) is 11.6 Å². The van der Waals surface area contributed by atoms with Crippen LogP contribution < -0.4 is 5.32 Å². The molecule has 1 rings (SSSR count). The number of nitrogens with zero attached hydrogens (tertiary/aromatic N) is 2. The monoisotopic (exact) mass is 299 g/mol. The molecule has 7 nitrogen and oxygen atoms in total. The molecule has 1 aromatic rings. The largest absolute Gasteiger partial charge is 0.345 e. The minimum Gasteiger partial charge on any atom is -0.345 e. The highest BCUT2D eigenvalue weighted by molar-refractivity contribution is 6.32. The highest BCUT2D eigenvalue weighted by atomic mass is 35.5. The van der Waals surface area contributed by atoms with E-state index in [1.165, 1.54) is 17.0 Å². The molecule has 0 atom stereocenters. The fraction of sp³-hybridized carbons (Fsp3) is 0.333. The number of amides is 2. The number of carbonyl (C=O) groups excluding carboxylic acids is 2. The van der Waals surface area contributed by atoms with Crippen molar-refractivity contribution in [3.8, 4) is 0 Å². The number of hydrogen-bond donors (Lipinski definition) is 1. The fourth-order valence-corrected chi connectivity index (χ4v) is 1.55. The number of nitrogens with one attached hydrogen (secondary N) is 1. The normalized spacial score (nSPS) is 9.95. The van der Waals surface area contributed by atoms with Crippen molar-refractivity contribution in [1.82, 2.24) is 10.2 Å². The number of halogens is 1. The summed E-state index contributed by atoms with van der Waals surface area (Å²) in [7, 11) is 1.61. The molecule has 8 heteroatoms. The molecule has 2 amide bonds. The quantitative estimate of drug-likeness (QED) is 0.658. The molecule has 0 saturated heterocycles. The third kappa shape index (κ3) is 3.92. The zero-order chi connectivity index (χ0) is 15.3. The predicted octanol–water partition coefficient (Wildman–Crippen LogP) is 1.46. The summed E-state index contributed by atoms with van der Waals surface area (Å²) in [6.45, 7) is 2.17. The topological polar surface area (TPSA) is 92.6 Å². The maximum Gasteiger partial charge on any atom is 0.288 e. The van der Waals surface area contributed by atoms with Crippen molar-refractivity contribution in [2.45, 2.75) is 6.92 Å². The van der Waals surface area contributed by atoms with Crippen LogP contribution in [0.25, 0.3) is 0 Å². The molecule has 0 saturated carbocycles. The van der Waals surface area contributed by atoms with Crippen LogP contribution in [0.15, 0.2) is 18.2 Å². The van der Waals surface area contributed by atoms with Gasteiger partial charge in [-0.3, -0.25) is 19.7 Å². The van der Waals surface area contributed by atoms with Gasteiger partial charge in [-0.25, -0.2) is 0 Å². The predicted molar refractivity (Wildman–Crippen MR) is 73.8 cm³/mol. The Balaban J connectivity index is 2.76. The summed E-state index contributed by atoms with van der Waals surface area (Å²) in [5, 5.41) is 13.1. The van der Waals surface area contributed by atoms with Crippen molar-refractivity contribution in [2.24, 2.45) is 0 Å². The zero-order valence-electron chi connectivity index (χ0n) is 11.1. The third-order valence-electron chi connectivity index (χ3n) is 2.71. The van der Waals surface area contributed by atoms with Gasteiger partial charge in [0.15, 0.2) is 0 Å². The highest BCUT2D eigenvalue weighted by Crippen LogP contribution is 2.24. The van der Waals surface area contributed by atoms with Gasteiger partial charge in [0.25, 0.3) is 11.6 Å². The average molecular weight is 300 g/mol. The van der Waals surface area contributed by atoms with Gasteiger partial charge in [-0.2, -0.15) is 0 Å². The Morgan fingerprint density at radius 2 is 2.10 bits per heavy atom. The molecule has 0 aliphatic carbocycles. The minimum absolute atomic E-state index is 0.0478. The van der Waals surface area contributed by atoms with Gasteiger partial charge in [-0.15, -0.1) is 0 Å². The van der Waals surface area contributed by atoms with E-state index in [2.05, 4.69) is 5.32 Å². The molecule has 0 unspecified atom stereocenters. The van der Waals surface area contributed by atoms with Gasteiger partial charge in [0.1, 0.15) is 5.02 Å². The molecule has 0 aromatic heterocycles. The van der Waals surface area contributed by atoms with Gasteiger partial charge in [0.2, 0.25) is 5.91 Å². The van der Waals surface area contributed by atoms with Gasteiger partial charge < -0.3 is 10.2 Å². The van der Waals surface area contributed by atoms with Crippen molar-refractivity contribution in [3.63, 3.8) is 0 Å². The van der Waals surface area contributed by atoms with Crippen LogP contribution in [0.5, 0.6) is 0 Å².